The van der Waals surface area contributed by atoms with Gasteiger partial charge in [-0.15, -0.1) is 0 Å². The van der Waals surface area contributed by atoms with E-state index in [0.717, 1.165) is 5.56 Å². The molecule has 2 aromatic rings. The number of imidazole rings is 1. The van der Waals surface area contributed by atoms with Gasteiger partial charge in [-0.05, 0) is 5.56 Å². The molecule has 1 amide bonds. The van der Waals surface area contributed by atoms with Crippen molar-refractivity contribution in [2.24, 2.45) is 0 Å². The summed E-state index contributed by atoms with van der Waals surface area (Å²) in [6, 6.07) is 11.4. The second kappa shape index (κ2) is 6.28. The Hall–Kier alpha value is -2.85. The molecule has 22 heavy (non-hydrogen) atoms. The molecule has 1 aliphatic rings. The van der Waals surface area contributed by atoms with Crippen LogP contribution in [-0.2, 0) is 29.2 Å². The molecule has 0 saturated carbocycles. The van der Waals surface area contributed by atoms with Crippen LogP contribution in [-0.4, -0.2) is 22.3 Å². The summed E-state index contributed by atoms with van der Waals surface area (Å²) < 4.78 is 12.2. The minimum Gasteiger partial charge on any atom is -0.444 e. The fraction of sp³-hybridized carbons (Fsp3) is 0.267. The topological polar surface area (TPSA) is 89.2 Å². The van der Waals surface area contributed by atoms with Crippen molar-refractivity contribution in [3.8, 4) is 6.07 Å². The van der Waals surface area contributed by atoms with Gasteiger partial charge in [0.2, 0.25) is 0 Å². The highest BCUT2D eigenvalue weighted by molar-refractivity contribution is 5.84. The molecule has 1 aliphatic heterocycles. The van der Waals surface area contributed by atoms with Gasteiger partial charge < -0.3 is 14.0 Å². The second-order valence-electron chi connectivity index (χ2n) is 4.73. The van der Waals surface area contributed by atoms with Crippen molar-refractivity contribution >= 4 is 11.9 Å². The van der Waals surface area contributed by atoms with E-state index in [-0.39, 0.29) is 12.4 Å². The van der Waals surface area contributed by atoms with Crippen LogP contribution in [0.3, 0.4) is 0 Å². The summed E-state index contributed by atoms with van der Waals surface area (Å²) in [6.07, 6.45) is -0.642. The average Bonchev–Trinajstić information content (AvgIpc) is 2.91. The predicted octanol–water partition coefficient (Wildman–Crippen LogP) is 2.03. The SMILES string of the molecule is N#Cc1c(NC(=O)OCc2ccccc2)nc2n1CCOC2. The molecule has 0 unspecified atom stereocenters. The highest BCUT2D eigenvalue weighted by Gasteiger charge is 2.21. The number of amides is 1. The molecule has 0 aliphatic carbocycles. The summed E-state index contributed by atoms with van der Waals surface area (Å²) in [6.45, 7) is 1.56. The number of nitriles is 1. The number of carbonyl (C=O) groups is 1. The van der Waals surface area contributed by atoms with Crippen LogP contribution in [0.15, 0.2) is 30.3 Å². The summed E-state index contributed by atoms with van der Waals surface area (Å²) >= 11 is 0. The van der Waals surface area contributed by atoms with Crippen molar-refractivity contribution < 1.29 is 14.3 Å². The van der Waals surface area contributed by atoms with E-state index in [0.29, 0.717) is 31.3 Å². The zero-order chi connectivity index (χ0) is 15.4. The first-order chi connectivity index (χ1) is 10.8. The highest BCUT2D eigenvalue weighted by Crippen LogP contribution is 2.20. The number of carbonyl (C=O) groups excluding carboxylic acids is 1. The number of aromatic nitrogens is 2. The number of fused-ring (bicyclic) bond motifs is 1. The first-order valence-electron chi connectivity index (χ1n) is 6.83. The third-order valence-electron chi connectivity index (χ3n) is 3.28. The Morgan fingerprint density at radius 3 is 3.05 bits per heavy atom. The Morgan fingerprint density at radius 2 is 2.27 bits per heavy atom. The fourth-order valence-corrected chi connectivity index (χ4v) is 2.23. The lowest BCUT2D eigenvalue weighted by Crippen LogP contribution is -2.18. The minimum absolute atomic E-state index is 0.158. The number of anilines is 1. The summed E-state index contributed by atoms with van der Waals surface area (Å²) in [5.74, 6) is 0.835. The molecule has 1 N–H and O–H groups in total. The maximum atomic E-state index is 11.8. The van der Waals surface area contributed by atoms with Crippen LogP contribution in [0, 0.1) is 11.3 Å². The molecule has 1 aromatic heterocycles. The van der Waals surface area contributed by atoms with E-state index in [1.54, 1.807) is 4.57 Å². The van der Waals surface area contributed by atoms with Crippen LogP contribution in [0.25, 0.3) is 0 Å². The molecule has 1 aromatic carbocycles. The minimum atomic E-state index is -0.642. The van der Waals surface area contributed by atoms with Crippen molar-refractivity contribution in [3.05, 3.63) is 47.4 Å². The Labute approximate surface area is 127 Å². The molecular formula is C15H14N4O3. The Kier molecular flexibility index (Phi) is 4.03. The first kappa shape index (κ1) is 14.1. The largest absolute Gasteiger partial charge is 0.444 e. The van der Waals surface area contributed by atoms with Gasteiger partial charge in [-0.25, -0.2) is 9.78 Å². The molecule has 0 bridgehead atoms. The summed E-state index contributed by atoms with van der Waals surface area (Å²) in [7, 11) is 0. The summed E-state index contributed by atoms with van der Waals surface area (Å²) in [4.78, 5) is 16.1. The van der Waals surface area contributed by atoms with E-state index < -0.39 is 6.09 Å². The van der Waals surface area contributed by atoms with Crippen LogP contribution in [0.2, 0.25) is 0 Å². The molecule has 2 heterocycles. The highest BCUT2D eigenvalue weighted by atomic mass is 16.5. The van der Waals surface area contributed by atoms with Gasteiger partial charge in [-0.1, -0.05) is 30.3 Å². The number of hydrogen-bond acceptors (Lipinski definition) is 5. The molecule has 0 radical (unpaired) electrons. The number of ether oxygens (including phenoxy) is 2. The van der Waals surface area contributed by atoms with Gasteiger partial charge >= 0.3 is 6.09 Å². The van der Waals surface area contributed by atoms with Gasteiger partial charge in [-0.3, -0.25) is 5.32 Å². The summed E-state index contributed by atoms with van der Waals surface area (Å²) in [5, 5.41) is 11.8. The molecule has 0 spiro atoms. The van der Waals surface area contributed by atoms with Crippen molar-refractivity contribution in [2.45, 2.75) is 19.8 Å². The summed E-state index contributed by atoms with van der Waals surface area (Å²) in [5.41, 5.74) is 1.20. The predicted molar refractivity (Wildman–Crippen MR) is 76.8 cm³/mol. The van der Waals surface area contributed by atoms with E-state index in [9.17, 15) is 10.1 Å². The van der Waals surface area contributed by atoms with Gasteiger partial charge in [0.05, 0.1) is 6.61 Å². The molecule has 7 heteroatoms. The van der Waals surface area contributed by atoms with Crippen molar-refractivity contribution in [1.29, 1.82) is 5.26 Å². The van der Waals surface area contributed by atoms with Crippen LogP contribution in [0.5, 0.6) is 0 Å². The molecule has 3 rings (SSSR count). The lowest BCUT2D eigenvalue weighted by atomic mass is 10.2. The molecular weight excluding hydrogens is 284 g/mol. The van der Waals surface area contributed by atoms with E-state index in [2.05, 4.69) is 16.4 Å². The van der Waals surface area contributed by atoms with Gasteiger partial charge in [0.1, 0.15) is 25.1 Å². The number of rotatable bonds is 3. The number of hydrogen-bond donors (Lipinski definition) is 1. The quantitative estimate of drug-likeness (QED) is 0.936. The maximum Gasteiger partial charge on any atom is 0.413 e. The normalized spacial score (nSPS) is 13.0. The van der Waals surface area contributed by atoms with Gasteiger partial charge in [-0.2, -0.15) is 5.26 Å². The average molecular weight is 298 g/mol. The first-order valence-corrected chi connectivity index (χ1v) is 6.83. The molecule has 0 fully saturated rings. The molecule has 112 valence electrons. The fourth-order valence-electron chi connectivity index (χ4n) is 2.23. The van der Waals surface area contributed by atoms with Crippen LogP contribution in [0.4, 0.5) is 10.6 Å². The smallest absolute Gasteiger partial charge is 0.413 e. The monoisotopic (exact) mass is 298 g/mol. The number of nitrogens with one attached hydrogen (secondary N) is 1. The number of benzene rings is 1. The lowest BCUT2D eigenvalue weighted by Gasteiger charge is -2.14. The Morgan fingerprint density at radius 1 is 1.45 bits per heavy atom. The third kappa shape index (κ3) is 2.92. The third-order valence-corrected chi connectivity index (χ3v) is 3.28. The van der Waals surface area contributed by atoms with Crippen molar-refractivity contribution in [2.75, 3.05) is 11.9 Å². The van der Waals surface area contributed by atoms with Gasteiger partial charge in [0.15, 0.2) is 11.5 Å². The van der Waals surface area contributed by atoms with Gasteiger partial charge in [0, 0.05) is 6.54 Å². The van der Waals surface area contributed by atoms with Crippen LogP contribution >= 0.6 is 0 Å². The Bertz CT molecular complexity index is 718. The van der Waals surface area contributed by atoms with Crippen molar-refractivity contribution in [1.82, 2.24) is 9.55 Å². The van der Waals surface area contributed by atoms with Crippen LogP contribution in [0.1, 0.15) is 17.1 Å². The zero-order valence-electron chi connectivity index (χ0n) is 11.8. The zero-order valence-corrected chi connectivity index (χ0v) is 11.8. The van der Waals surface area contributed by atoms with E-state index >= 15 is 0 Å². The standard InChI is InChI=1S/C15H14N4O3/c16-8-12-14(17-13-10-21-7-6-19(12)13)18-15(20)22-9-11-4-2-1-3-5-11/h1-5H,6-7,9-10H2,(H,18,20). The van der Waals surface area contributed by atoms with Crippen molar-refractivity contribution in [3.63, 3.8) is 0 Å². The molecule has 7 nitrogen and oxygen atoms in total. The second-order valence-corrected chi connectivity index (χ2v) is 4.73. The molecule has 0 atom stereocenters. The maximum absolute atomic E-state index is 11.8. The molecule has 0 saturated heterocycles. The van der Waals surface area contributed by atoms with E-state index in [1.807, 2.05) is 30.3 Å². The number of nitrogens with zero attached hydrogens (tertiary/aromatic N) is 3. The van der Waals surface area contributed by atoms with E-state index in [1.165, 1.54) is 0 Å². The lowest BCUT2D eigenvalue weighted by molar-refractivity contribution is 0.0813. The van der Waals surface area contributed by atoms with Gasteiger partial charge in [0.25, 0.3) is 0 Å². The van der Waals surface area contributed by atoms with Crippen LogP contribution < -0.4 is 5.32 Å². The van der Waals surface area contributed by atoms with E-state index in [4.69, 9.17) is 9.47 Å². The Balaban J connectivity index is 1.67.